The van der Waals surface area contributed by atoms with E-state index in [1.165, 1.54) is 16.0 Å². The Bertz CT molecular complexity index is 620. The highest BCUT2D eigenvalue weighted by molar-refractivity contribution is 14.0. The molecule has 0 aliphatic heterocycles. The van der Waals surface area contributed by atoms with E-state index in [9.17, 15) is 0 Å². The summed E-state index contributed by atoms with van der Waals surface area (Å²) in [5, 5.41) is 7.76. The summed E-state index contributed by atoms with van der Waals surface area (Å²) < 4.78 is 0. The summed E-state index contributed by atoms with van der Waals surface area (Å²) in [5.74, 6) is 0.807. The normalized spacial score (nSPS) is 11.0. The third kappa shape index (κ3) is 5.57. The van der Waals surface area contributed by atoms with Crippen molar-refractivity contribution in [2.75, 3.05) is 7.05 Å². The highest BCUT2D eigenvalue weighted by Crippen LogP contribution is 2.16. The van der Waals surface area contributed by atoms with Crippen molar-refractivity contribution < 1.29 is 0 Å². The molecular formula is C16H23IN4S. The molecule has 1 heterocycles. The molecule has 0 spiro atoms. The van der Waals surface area contributed by atoms with Crippen molar-refractivity contribution in [3.63, 3.8) is 0 Å². The van der Waals surface area contributed by atoms with Crippen LogP contribution in [0.4, 0.5) is 0 Å². The first kappa shape index (κ1) is 18.9. The third-order valence-electron chi connectivity index (χ3n) is 3.22. The Labute approximate surface area is 153 Å². The van der Waals surface area contributed by atoms with Gasteiger partial charge in [-0.3, -0.25) is 4.99 Å². The van der Waals surface area contributed by atoms with Gasteiger partial charge in [-0.25, -0.2) is 4.98 Å². The van der Waals surface area contributed by atoms with Crippen LogP contribution in [0.1, 0.15) is 26.7 Å². The summed E-state index contributed by atoms with van der Waals surface area (Å²) in [6.07, 6.45) is 0. The van der Waals surface area contributed by atoms with Gasteiger partial charge in [0.15, 0.2) is 5.96 Å². The Balaban J connectivity index is 0.00000242. The molecule has 2 aromatic rings. The van der Waals surface area contributed by atoms with Crippen molar-refractivity contribution in [1.29, 1.82) is 0 Å². The Morgan fingerprint density at radius 2 is 1.73 bits per heavy atom. The number of nitrogens with one attached hydrogen (secondary N) is 2. The average molecular weight is 430 g/mol. The van der Waals surface area contributed by atoms with E-state index in [1.54, 1.807) is 18.4 Å². The van der Waals surface area contributed by atoms with Crippen LogP contribution >= 0.6 is 35.3 Å². The van der Waals surface area contributed by atoms with E-state index in [2.05, 4.69) is 51.8 Å². The molecule has 0 unspecified atom stereocenters. The SMILES string of the molecule is CN=C(NCc1ccc(C)cc1)NCc1sc(C)nc1C.I. The number of aromatic nitrogens is 1. The summed E-state index contributed by atoms with van der Waals surface area (Å²) in [7, 11) is 1.79. The molecule has 0 saturated heterocycles. The van der Waals surface area contributed by atoms with Crippen LogP contribution in [0.15, 0.2) is 29.3 Å². The zero-order valence-corrected chi connectivity index (χ0v) is 16.6. The lowest BCUT2D eigenvalue weighted by Gasteiger charge is -2.11. The van der Waals surface area contributed by atoms with Crippen LogP contribution in [-0.2, 0) is 13.1 Å². The van der Waals surface area contributed by atoms with Crippen LogP contribution in [0.5, 0.6) is 0 Å². The number of benzene rings is 1. The Morgan fingerprint density at radius 1 is 1.09 bits per heavy atom. The highest BCUT2D eigenvalue weighted by atomic mass is 127. The van der Waals surface area contributed by atoms with Crippen molar-refractivity contribution in [2.45, 2.75) is 33.9 Å². The zero-order valence-electron chi connectivity index (χ0n) is 13.4. The fourth-order valence-corrected chi connectivity index (χ4v) is 2.89. The fraction of sp³-hybridized carbons (Fsp3) is 0.375. The molecule has 120 valence electrons. The van der Waals surface area contributed by atoms with Crippen LogP contribution in [0.3, 0.4) is 0 Å². The second-order valence-electron chi connectivity index (χ2n) is 5.01. The second-order valence-corrected chi connectivity index (χ2v) is 6.29. The van der Waals surface area contributed by atoms with Gasteiger partial charge in [-0.1, -0.05) is 29.8 Å². The minimum absolute atomic E-state index is 0. The minimum Gasteiger partial charge on any atom is -0.352 e. The molecule has 4 nitrogen and oxygen atoms in total. The van der Waals surface area contributed by atoms with Gasteiger partial charge in [0.2, 0.25) is 0 Å². The van der Waals surface area contributed by atoms with Gasteiger partial charge in [0.05, 0.1) is 17.2 Å². The Morgan fingerprint density at radius 3 is 2.27 bits per heavy atom. The average Bonchev–Trinajstić information content (AvgIpc) is 2.79. The molecule has 22 heavy (non-hydrogen) atoms. The van der Waals surface area contributed by atoms with Gasteiger partial charge in [-0.05, 0) is 26.3 Å². The molecule has 2 rings (SSSR count). The minimum atomic E-state index is 0. The largest absolute Gasteiger partial charge is 0.352 e. The van der Waals surface area contributed by atoms with Crippen molar-refractivity contribution in [3.8, 4) is 0 Å². The lowest BCUT2D eigenvalue weighted by atomic mass is 10.1. The number of aryl methyl sites for hydroxylation is 3. The van der Waals surface area contributed by atoms with E-state index in [1.807, 2.05) is 13.8 Å². The zero-order chi connectivity index (χ0) is 15.2. The summed E-state index contributed by atoms with van der Waals surface area (Å²) in [6.45, 7) is 7.69. The first-order valence-electron chi connectivity index (χ1n) is 7.01. The van der Waals surface area contributed by atoms with Crippen molar-refractivity contribution in [1.82, 2.24) is 15.6 Å². The maximum Gasteiger partial charge on any atom is 0.191 e. The first-order valence-corrected chi connectivity index (χ1v) is 7.83. The van der Waals surface area contributed by atoms with Crippen molar-refractivity contribution in [3.05, 3.63) is 51.0 Å². The van der Waals surface area contributed by atoms with E-state index in [-0.39, 0.29) is 24.0 Å². The monoisotopic (exact) mass is 430 g/mol. The van der Waals surface area contributed by atoms with Crippen LogP contribution < -0.4 is 10.6 Å². The molecular weight excluding hydrogens is 407 g/mol. The van der Waals surface area contributed by atoms with Crippen LogP contribution in [0, 0.1) is 20.8 Å². The number of guanidine groups is 1. The molecule has 0 aliphatic rings. The summed E-state index contributed by atoms with van der Waals surface area (Å²) in [4.78, 5) is 9.94. The summed E-state index contributed by atoms with van der Waals surface area (Å²) >= 11 is 1.73. The van der Waals surface area contributed by atoms with E-state index >= 15 is 0 Å². The predicted molar refractivity (Wildman–Crippen MR) is 105 cm³/mol. The summed E-state index contributed by atoms with van der Waals surface area (Å²) in [6, 6.07) is 8.51. The first-order chi connectivity index (χ1) is 10.1. The van der Waals surface area contributed by atoms with E-state index in [4.69, 9.17) is 0 Å². The molecule has 0 radical (unpaired) electrons. The van der Waals surface area contributed by atoms with E-state index < -0.39 is 0 Å². The van der Waals surface area contributed by atoms with Gasteiger partial charge in [0, 0.05) is 18.5 Å². The van der Waals surface area contributed by atoms with Crippen LogP contribution in [0.2, 0.25) is 0 Å². The third-order valence-corrected chi connectivity index (χ3v) is 4.29. The van der Waals surface area contributed by atoms with Gasteiger partial charge in [0.25, 0.3) is 0 Å². The van der Waals surface area contributed by atoms with Gasteiger partial charge in [-0.2, -0.15) is 0 Å². The van der Waals surface area contributed by atoms with Crippen LogP contribution in [0.25, 0.3) is 0 Å². The molecule has 0 bridgehead atoms. The topological polar surface area (TPSA) is 49.3 Å². The molecule has 0 fully saturated rings. The molecule has 6 heteroatoms. The lowest BCUT2D eigenvalue weighted by Crippen LogP contribution is -2.36. The number of rotatable bonds is 4. The number of thiazole rings is 1. The number of nitrogens with zero attached hydrogens (tertiary/aromatic N) is 2. The standard InChI is InChI=1S/C16H22N4S.HI/c1-11-5-7-14(8-6-11)9-18-16(17-4)19-10-15-12(2)20-13(3)21-15;/h5-8H,9-10H2,1-4H3,(H2,17,18,19);1H. The number of hydrogen-bond donors (Lipinski definition) is 2. The van der Waals surface area contributed by atoms with E-state index in [0.717, 1.165) is 29.8 Å². The molecule has 0 amide bonds. The number of hydrogen-bond acceptors (Lipinski definition) is 3. The Kier molecular flexibility index (Phi) is 7.81. The molecule has 2 N–H and O–H groups in total. The molecule has 0 atom stereocenters. The van der Waals surface area contributed by atoms with Crippen LogP contribution in [-0.4, -0.2) is 18.0 Å². The van der Waals surface area contributed by atoms with Crippen molar-refractivity contribution >= 4 is 41.3 Å². The molecule has 1 aromatic carbocycles. The van der Waals surface area contributed by atoms with E-state index in [0.29, 0.717) is 0 Å². The quantitative estimate of drug-likeness (QED) is 0.443. The van der Waals surface area contributed by atoms with Gasteiger partial charge < -0.3 is 10.6 Å². The second kappa shape index (κ2) is 9.09. The maximum absolute atomic E-state index is 4.43. The van der Waals surface area contributed by atoms with Gasteiger partial charge in [-0.15, -0.1) is 35.3 Å². The fourth-order valence-electron chi connectivity index (χ4n) is 2.01. The van der Waals surface area contributed by atoms with Gasteiger partial charge in [0.1, 0.15) is 0 Å². The number of halogens is 1. The lowest BCUT2D eigenvalue weighted by molar-refractivity contribution is 0.811. The molecule has 0 saturated carbocycles. The Hall–Kier alpha value is -1.15. The maximum atomic E-state index is 4.43. The smallest absolute Gasteiger partial charge is 0.191 e. The number of aliphatic imine (C=N–C) groups is 1. The molecule has 1 aromatic heterocycles. The van der Waals surface area contributed by atoms with Crippen molar-refractivity contribution in [2.24, 2.45) is 4.99 Å². The predicted octanol–water partition coefficient (Wildman–Crippen LogP) is 3.55. The summed E-state index contributed by atoms with van der Waals surface area (Å²) in [5.41, 5.74) is 3.62. The highest BCUT2D eigenvalue weighted by Gasteiger charge is 2.05. The molecule has 0 aliphatic carbocycles. The van der Waals surface area contributed by atoms with Gasteiger partial charge >= 0.3 is 0 Å².